The molecular weight excluding hydrogens is 271 g/mol. The Morgan fingerprint density at radius 3 is 2.40 bits per heavy atom. The molecule has 0 aliphatic carbocycles. The first-order valence-corrected chi connectivity index (χ1v) is 6.91. The lowest BCUT2D eigenvalue weighted by Gasteiger charge is -2.17. The Labute approximate surface area is 124 Å². The van der Waals surface area contributed by atoms with Gasteiger partial charge in [-0.25, -0.2) is 4.39 Å². The highest BCUT2D eigenvalue weighted by atomic mass is 32.1. The van der Waals surface area contributed by atoms with Crippen LogP contribution in [-0.4, -0.2) is 11.2 Å². The van der Waals surface area contributed by atoms with E-state index in [4.69, 9.17) is 12.2 Å². The molecule has 0 heterocycles. The van der Waals surface area contributed by atoms with E-state index in [9.17, 15) is 4.39 Å². The molecule has 2 aromatic rings. The minimum atomic E-state index is -0.212. The van der Waals surface area contributed by atoms with E-state index in [1.807, 2.05) is 37.3 Å². The second-order valence-corrected chi connectivity index (χ2v) is 5.10. The Morgan fingerprint density at radius 1 is 1.10 bits per heavy atom. The summed E-state index contributed by atoms with van der Waals surface area (Å²) < 4.78 is 12.8. The zero-order valence-corrected chi connectivity index (χ0v) is 12.1. The zero-order valence-electron chi connectivity index (χ0n) is 11.3. The van der Waals surface area contributed by atoms with Gasteiger partial charge >= 0.3 is 0 Å². The molecule has 0 aromatic heterocycles. The van der Waals surface area contributed by atoms with E-state index < -0.39 is 0 Å². The molecule has 1 atom stereocenters. The summed E-state index contributed by atoms with van der Waals surface area (Å²) in [7, 11) is 0. The van der Waals surface area contributed by atoms with Crippen molar-refractivity contribution in [1.29, 1.82) is 0 Å². The van der Waals surface area contributed by atoms with Crippen molar-refractivity contribution in [3.63, 3.8) is 0 Å². The molecule has 4 heteroatoms. The van der Waals surface area contributed by atoms with Gasteiger partial charge < -0.3 is 10.6 Å². The first-order chi connectivity index (χ1) is 9.63. The van der Waals surface area contributed by atoms with Gasteiger partial charge in [0.05, 0.1) is 0 Å². The normalized spacial score (nSPS) is 11.7. The topological polar surface area (TPSA) is 24.1 Å². The van der Waals surface area contributed by atoms with Crippen molar-refractivity contribution in [2.24, 2.45) is 0 Å². The first kappa shape index (κ1) is 14.5. The Balaban J connectivity index is 1.83. The van der Waals surface area contributed by atoms with E-state index in [-0.39, 0.29) is 11.9 Å². The number of para-hydroxylation sites is 1. The second-order valence-electron chi connectivity index (χ2n) is 4.70. The summed E-state index contributed by atoms with van der Waals surface area (Å²) in [5.41, 5.74) is 2.04. The van der Waals surface area contributed by atoms with Crippen molar-refractivity contribution in [3.8, 4) is 0 Å². The number of halogens is 1. The third-order valence-electron chi connectivity index (χ3n) is 2.86. The van der Waals surface area contributed by atoms with Crippen molar-refractivity contribution < 1.29 is 4.39 Å². The monoisotopic (exact) mass is 288 g/mol. The molecule has 0 amide bonds. The average molecular weight is 288 g/mol. The minimum absolute atomic E-state index is 0.171. The SMILES string of the molecule is CC(Cc1ccc(F)cc1)NC(=S)Nc1ccccc1. The fourth-order valence-corrected chi connectivity index (χ4v) is 2.26. The molecular formula is C16H17FN2S. The minimum Gasteiger partial charge on any atom is -0.360 e. The molecule has 2 N–H and O–H groups in total. The molecule has 2 aromatic carbocycles. The number of benzene rings is 2. The van der Waals surface area contributed by atoms with Gasteiger partial charge in [-0.15, -0.1) is 0 Å². The van der Waals surface area contributed by atoms with Crippen LogP contribution in [0.5, 0.6) is 0 Å². The highest BCUT2D eigenvalue weighted by Crippen LogP contribution is 2.07. The maximum Gasteiger partial charge on any atom is 0.170 e. The van der Waals surface area contributed by atoms with Gasteiger partial charge in [0.1, 0.15) is 5.82 Å². The van der Waals surface area contributed by atoms with E-state index in [0.717, 1.165) is 17.7 Å². The van der Waals surface area contributed by atoms with Crippen LogP contribution in [0.15, 0.2) is 54.6 Å². The number of thiocarbonyl (C=S) groups is 1. The van der Waals surface area contributed by atoms with Crippen LogP contribution in [-0.2, 0) is 6.42 Å². The Kier molecular flexibility index (Phi) is 5.07. The second kappa shape index (κ2) is 7.01. The van der Waals surface area contributed by atoms with Crippen molar-refractivity contribution in [3.05, 3.63) is 66.0 Å². The molecule has 0 radical (unpaired) electrons. The van der Waals surface area contributed by atoms with Gasteiger partial charge in [0.2, 0.25) is 0 Å². The number of anilines is 1. The predicted molar refractivity (Wildman–Crippen MR) is 85.4 cm³/mol. The summed E-state index contributed by atoms with van der Waals surface area (Å²) in [6.07, 6.45) is 0.789. The lowest BCUT2D eigenvalue weighted by atomic mass is 10.1. The van der Waals surface area contributed by atoms with Crippen molar-refractivity contribution in [2.75, 3.05) is 5.32 Å². The van der Waals surface area contributed by atoms with Crippen LogP contribution in [0, 0.1) is 5.82 Å². The zero-order chi connectivity index (χ0) is 14.4. The van der Waals surface area contributed by atoms with E-state index in [2.05, 4.69) is 10.6 Å². The molecule has 2 rings (SSSR count). The van der Waals surface area contributed by atoms with Crippen molar-refractivity contribution >= 4 is 23.0 Å². The summed E-state index contributed by atoms with van der Waals surface area (Å²) in [4.78, 5) is 0. The molecule has 1 unspecified atom stereocenters. The van der Waals surface area contributed by atoms with Gasteiger partial charge in [0.15, 0.2) is 5.11 Å². The number of nitrogens with one attached hydrogen (secondary N) is 2. The van der Waals surface area contributed by atoms with Gasteiger partial charge in [-0.1, -0.05) is 30.3 Å². The fourth-order valence-electron chi connectivity index (χ4n) is 1.94. The number of hydrogen-bond donors (Lipinski definition) is 2. The van der Waals surface area contributed by atoms with E-state index >= 15 is 0 Å². The summed E-state index contributed by atoms with van der Waals surface area (Å²) in [5, 5.41) is 6.93. The fraction of sp³-hybridized carbons (Fsp3) is 0.188. The molecule has 0 saturated carbocycles. The van der Waals surface area contributed by atoms with Gasteiger partial charge in [0.25, 0.3) is 0 Å². The Hall–Kier alpha value is -1.94. The summed E-state index contributed by atoms with van der Waals surface area (Å²) in [5.74, 6) is -0.212. The van der Waals surface area contributed by atoms with E-state index in [0.29, 0.717) is 5.11 Å². The van der Waals surface area contributed by atoms with Gasteiger partial charge in [-0.05, 0) is 55.4 Å². The Bertz CT molecular complexity index is 554. The molecule has 0 aliphatic heterocycles. The third-order valence-corrected chi connectivity index (χ3v) is 3.08. The van der Waals surface area contributed by atoms with Gasteiger partial charge in [-0.3, -0.25) is 0 Å². The Morgan fingerprint density at radius 2 is 1.75 bits per heavy atom. The van der Waals surface area contributed by atoms with Gasteiger partial charge in [-0.2, -0.15) is 0 Å². The molecule has 20 heavy (non-hydrogen) atoms. The molecule has 0 fully saturated rings. The maximum absolute atomic E-state index is 12.8. The van der Waals surface area contributed by atoms with Crippen LogP contribution >= 0.6 is 12.2 Å². The standard InChI is InChI=1S/C16H17FN2S/c1-12(11-13-7-9-14(17)10-8-13)18-16(20)19-15-5-3-2-4-6-15/h2-10,12H,11H2,1H3,(H2,18,19,20). The van der Waals surface area contributed by atoms with Crippen LogP contribution in [0.25, 0.3) is 0 Å². The largest absolute Gasteiger partial charge is 0.360 e. The third kappa shape index (κ3) is 4.63. The van der Waals surface area contributed by atoms with Crippen molar-refractivity contribution in [1.82, 2.24) is 5.32 Å². The quantitative estimate of drug-likeness (QED) is 0.838. The first-order valence-electron chi connectivity index (χ1n) is 6.50. The highest BCUT2D eigenvalue weighted by Gasteiger charge is 2.05. The number of rotatable bonds is 4. The molecule has 0 bridgehead atoms. The molecule has 0 aliphatic rings. The molecule has 0 saturated heterocycles. The molecule has 104 valence electrons. The maximum atomic E-state index is 12.8. The molecule has 2 nitrogen and oxygen atoms in total. The van der Waals surface area contributed by atoms with Crippen molar-refractivity contribution in [2.45, 2.75) is 19.4 Å². The number of hydrogen-bond acceptors (Lipinski definition) is 1. The predicted octanol–water partition coefficient (Wildman–Crippen LogP) is 3.74. The molecule has 0 spiro atoms. The van der Waals surface area contributed by atoms with Crippen LogP contribution in [0.4, 0.5) is 10.1 Å². The highest BCUT2D eigenvalue weighted by molar-refractivity contribution is 7.80. The van der Waals surface area contributed by atoms with Gasteiger partial charge in [0, 0.05) is 11.7 Å². The van der Waals surface area contributed by atoms with E-state index in [1.165, 1.54) is 12.1 Å². The van der Waals surface area contributed by atoms with Crippen LogP contribution in [0.2, 0.25) is 0 Å². The average Bonchev–Trinajstić information content (AvgIpc) is 2.42. The van der Waals surface area contributed by atoms with Crippen LogP contribution in [0.3, 0.4) is 0 Å². The summed E-state index contributed by atoms with van der Waals surface area (Å²) >= 11 is 5.27. The summed E-state index contributed by atoms with van der Waals surface area (Å²) in [6, 6.07) is 16.5. The van der Waals surface area contributed by atoms with Crippen LogP contribution in [0.1, 0.15) is 12.5 Å². The summed E-state index contributed by atoms with van der Waals surface area (Å²) in [6.45, 7) is 2.04. The van der Waals surface area contributed by atoms with E-state index in [1.54, 1.807) is 12.1 Å². The lowest BCUT2D eigenvalue weighted by Crippen LogP contribution is -2.37. The van der Waals surface area contributed by atoms with Crippen LogP contribution < -0.4 is 10.6 Å². The lowest BCUT2D eigenvalue weighted by molar-refractivity contribution is 0.623. The smallest absolute Gasteiger partial charge is 0.170 e.